The molecule has 0 aromatic rings. The van der Waals surface area contributed by atoms with E-state index in [2.05, 4.69) is 16.9 Å². The summed E-state index contributed by atoms with van der Waals surface area (Å²) in [4.78, 5) is 27.3. The number of hydrogen-bond donors (Lipinski definition) is 2. The van der Waals surface area contributed by atoms with Crippen molar-refractivity contribution in [1.82, 2.24) is 5.32 Å². The average Bonchev–Trinajstić information content (AvgIpc) is 2.33. The van der Waals surface area contributed by atoms with E-state index in [1.54, 1.807) is 6.08 Å². The Morgan fingerprint density at radius 1 is 1.47 bits per heavy atom. The summed E-state index contributed by atoms with van der Waals surface area (Å²) in [5, 5.41) is 2.25. The summed E-state index contributed by atoms with van der Waals surface area (Å²) in [5.74, 6) is -0.340. The SMILES string of the molecule is C=CCC1(/C(=C\CC)CCC)C(=O)NC(=O)N=C1N. The zero-order valence-electron chi connectivity index (χ0n) is 11.5. The van der Waals surface area contributed by atoms with Crippen LogP contribution in [-0.2, 0) is 4.79 Å². The van der Waals surface area contributed by atoms with E-state index in [0.717, 1.165) is 24.8 Å². The van der Waals surface area contributed by atoms with Crippen molar-refractivity contribution in [1.29, 1.82) is 0 Å². The fraction of sp³-hybridized carbons (Fsp3) is 0.500. The van der Waals surface area contributed by atoms with Crippen LogP contribution in [0, 0.1) is 5.41 Å². The van der Waals surface area contributed by atoms with Gasteiger partial charge >= 0.3 is 6.03 Å². The minimum atomic E-state index is -1.05. The predicted molar refractivity (Wildman–Crippen MR) is 75.7 cm³/mol. The van der Waals surface area contributed by atoms with Gasteiger partial charge in [-0.1, -0.05) is 38.0 Å². The van der Waals surface area contributed by atoms with E-state index in [1.165, 1.54) is 0 Å². The van der Waals surface area contributed by atoms with Crippen molar-refractivity contribution in [2.75, 3.05) is 0 Å². The summed E-state index contributed by atoms with van der Waals surface area (Å²) in [6, 6.07) is -0.700. The molecule has 0 saturated heterocycles. The van der Waals surface area contributed by atoms with E-state index in [-0.39, 0.29) is 5.84 Å². The summed E-state index contributed by atoms with van der Waals surface area (Å²) < 4.78 is 0. The summed E-state index contributed by atoms with van der Waals surface area (Å²) >= 11 is 0. The van der Waals surface area contributed by atoms with Crippen LogP contribution in [0.2, 0.25) is 0 Å². The highest BCUT2D eigenvalue weighted by molar-refractivity contribution is 6.20. The Morgan fingerprint density at radius 2 is 2.16 bits per heavy atom. The number of nitrogens with two attached hydrogens (primary N) is 1. The summed E-state index contributed by atoms with van der Waals surface area (Å²) in [5.41, 5.74) is 5.77. The van der Waals surface area contributed by atoms with Gasteiger partial charge in [0.05, 0.1) is 0 Å². The molecule has 1 atom stereocenters. The molecule has 0 bridgehead atoms. The highest BCUT2D eigenvalue weighted by Gasteiger charge is 2.47. The zero-order chi connectivity index (χ0) is 14.5. The van der Waals surface area contributed by atoms with Crippen LogP contribution in [0.3, 0.4) is 0 Å². The van der Waals surface area contributed by atoms with Crippen molar-refractivity contribution in [3.05, 3.63) is 24.3 Å². The molecule has 1 aliphatic rings. The number of amidine groups is 1. The molecule has 3 N–H and O–H groups in total. The summed E-state index contributed by atoms with van der Waals surface area (Å²) in [6.45, 7) is 7.72. The van der Waals surface area contributed by atoms with Gasteiger partial charge in [0.1, 0.15) is 11.3 Å². The molecule has 0 fully saturated rings. The predicted octanol–water partition coefficient (Wildman–Crippen LogP) is 2.29. The largest absolute Gasteiger partial charge is 0.386 e. The third kappa shape index (κ3) is 2.75. The lowest BCUT2D eigenvalue weighted by molar-refractivity contribution is -0.125. The first-order chi connectivity index (χ1) is 9.02. The fourth-order valence-corrected chi connectivity index (χ4v) is 2.41. The minimum Gasteiger partial charge on any atom is -0.386 e. The number of aliphatic imine (C=N–C) groups is 1. The van der Waals surface area contributed by atoms with Crippen LogP contribution in [0.25, 0.3) is 0 Å². The number of hydrogen-bond acceptors (Lipinski definition) is 3. The van der Waals surface area contributed by atoms with Gasteiger partial charge in [0.25, 0.3) is 0 Å². The smallest absolute Gasteiger partial charge is 0.349 e. The minimum absolute atomic E-state index is 0.0642. The van der Waals surface area contributed by atoms with Crippen LogP contribution < -0.4 is 11.1 Å². The molecule has 1 aliphatic heterocycles. The van der Waals surface area contributed by atoms with E-state index >= 15 is 0 Å². The van der Waals surface area contributed by atoms with Gasteiger partial charge in [-0.15, -0.1) is 6.58 Å². The second-order valence-corrected chi connectivity index (χ2v) is 4.54. The van der Waals surface area contributed by atoms with Crippen molar-refractivity contribution in [2.24, 2.45) is 16.1 Å². The van der Waals surface area contributed by atoms with Crippen LogP contribution in [0.1, 0.15) is 39.5 Å². The number of nitrogens with one attached hydrogen (secondary N) is 1. The normalized spacial score (nSPS) is 23.9. The van der Waals surface area contributed by atoms with Crippen molar-refractivity contribution in [3.63, 3.8) is 0 Å². The topological polar surface area (TPSA) is 84.5 Å². The second-order valence-electron chi connectivity index (χ2n) is 4.54. The number of carbonyl (C=O) groups excluding carboxylic acids is 2. The lowest BCUT2D eigenvalue weighted by Crippen LogP contribution is -2.56. The number of imide groups is 1. The van der Waals surface area contributed by atoms with Crippen molar-refractivity contribution >= 4 is 17.8 Å². The number of rotatable bonds is 6. The van der Waals surface area contributed by atoms with E-state index in [4.69, 9.17) is 5.73 Å². The Balaban J connectivity index is 3.40. The second kappa shape index (κ2) is 6.31. The average molecular weight is 263 g/mol. The Hall–Kier alpha value is -1.91. The van der Waals surface area contributed by atoms with Gasteiger partial charge in [0, 0.05) is 0 Å². The van der Waals surface area contributed by atoms with Gasteiger partial charge in [0.15, 0.2) is 0 Å². The molecule has 5 nitrogen and oxygen atoms in total. The molecule has 0 aliphatic carbocycles. The van der Waals surface area contributed by atoms with Crippen LogP contribution in [0.4, 0.5) is 4.79 Å². The van der Waals surface area contributed by atoms with Crippen LogP contribution in [0.15, 0.2) is 29.3 Å². The maximum absolute atomic E-state index is 12.3. The lowest BCUT2D eigenvalue weighted by Gasteiger charge is -2.35. The molecule has 0 aromatic heterocycles. The van der Waals surface area contributed by atoms with E-state index in [0.29, 0.717) is 6.42 Å². The molecule has 1 heterocycles. The van der Waals surface area contributed by atoms with Gasteiger partial charge in [-0.3, -0.25) is 10.1 Å². The zero-order valence-corrected chi connectivity index (χ0v) is 11.5. The molecule has 1 rings (SSSR count). The van der Waals surface area contributed by atoms with Crippen LogP contribution >= 0.6 is 0 Å². The molecule has 0 saturated carbocycles. The summed E-state index contributed by atoms with van der Waals surface area (Å²) in [7, 11) is 0. The molecular formula is C14H21N3O2. The molecule has 19 heavy (non-hydrogen) atoms. The van der Waals surface area contributed by atoms with Crippen molar-refractivity contribution in [3.8, 4) is 0 Å². The highest BCUT2D eigenvalue weighted by atomic mass is 16.2. The number of allylic oxidation sites excluding steroid dienone is 2. The molecule has 104 valence electrons. The quantitative estimate of drug-likeness (QED) is 0.721. The van der Waals surface area contributed by atoms with E-state index < -0.39 is 17.4 Å². The van der Waals surface area contributed by atoms with Gasteiger partial charge in [-0.25, -0.2) is 4.79 Å². The number of nitrogens with zero attached hydrogens (tertiary/aromatic N) is 1. The van der Waals surface area contributed by atoms with Crippen LogP contribution in [-0.4, -0.2) is 17.8 Å². The molecule has 0 aromatic carbocycles. The number of urea groups is 1. The molecule has 1 unspecified atom stereocenters. The monoisotopic (exact) mass is 263 g/mol. The van der Waals surface area contributed by atoms with Gasteiger partial charge in [0.2, 0.25) is 5.91 Å². The first kappa shape index (κ1) is 15.1. The maximum atomic E-state index is 12.3. The third-order valence-corrected chi connectivity index (χ3v) is 3.24. The maximum Gasteiger partial charge on any atom is 0.349 e. The number of carbonyl (C=O) groups is 2. The fourth-order valence-electron chi connectivity index (χ4n) is 2.41. The van der Waals surface area contributed by atoms with Crippen LogP contribution in [0.5, 0.6) is 0 Å². The van der Waals surface area contributed by atoms with E-state index in [1.807, 2.05) is 19.9 Å². The molecule has 5 heteroatoms. The highest BCUT2D eigenvalue weighted by Crippen LogP contribution is 2.37. The Bertz CT molecular complexity index is 452. The van der Waals surface area contributed by atoms with Crippen molar-refractivity contribution in [2.45, 2.75) is 39.5 Å². The Morgan fingerprint density at radius 3 is 2.63 bits per heavy atom. The first-order valence-electron chi connectivity index (χ1n) is 6.53. The molecule has 3 amide bonds. The van der Waals surface area contributed by atoms with Gasteiger partial charge < -0.3 is 5.73 Å². The first-order valence-corrected chi connectivity index (χ1v) is 6.53. The standard InChI is InChI=1S/C14H21N3O2/c1-4-7-10(8-5-2)14(9-6-3)11(15)16-13(19)17-12(14)18/h6-7H,3-5,8-9H2,1-2H3,(H3,15,16,17,18,19)/b10-7-. The van der Waals surface area contributed by atoms with Gasteiger partial charge in [-0.2, -0.15) is 4.99 Å². The molecular weight excluding hydrogens is 242 g/mol. The van der Waals surface area contributed by atoms with Crippen molar-refractivity contribution < 1.29 is 9.59 Å². The molecule has 0 spiro atoms. The molecule has 0 radical (unpaired) electrons. The van der Waals surface area contributed by atoms with E-state index in [9.17, 15) is 9.59 Å². The summed E-state index contributed by atoms with van der Waals surface area (Å²) in [6.07, 6.45) is 6.39. The Kier molecular flexibility index (Phi) is 5.03. The Labute approximate surface area is 113 Å². The lowest BCUT2D eigenvalue weighted by atomic mass is 9.72. The van der Waals surface area contributed by atoms with Gasteiger partial charge in [-0.05, 0) is 19.3 Å². The third-order valence-electron chi connectivity index (χ3n) is 3.24. The number of amides is 3.